The molecule has 0 unspecified atom stereocenters. The number of anilines is 3. The lowest BCUT2D eigenvalue weighted by Gasteiger charge is -2.45. The first-order chi connectivity index (χ1) is 29.3. The van der Waals surface area contributed by atoms with Crippen molar-refractivity contribution in [2.24, 2.45) is 0 Å². The van der Waals surface area contributed by atoms with E-state index >= 15 is 0 Å². The van der Waals surface area contributed by atoms with Gasteiger partial charge in [0.1, 0.15) is 5.75 Å². The molecular weight excluding hydrogens is 719 g/mol. The fourth-order valence-electron chi connectivity index (χ4n) is 10.4. The fourth-order valence-corrected chi connectivity index (χ4v) is 10.4. The van der Waals surface area contributed by atoms with Gasteiger partial charge in [-0.1, -0.05) is 140 Å². The average molecular weight is 754 g/mol. The number of fused-ring (bicyclic) bond motifs is 15. The molecule has 276 valence electrons. The van der Waals surface area contributed by atoms with Crippen molar-refractivity contribution >= 4 is 60.7 Å². The molecule has 0 fully saturated rings. The first kappa shape index (κ1) is 32.3. The molecule has 1 spiro atoms. The predicted octanol–water partition coefficient (Wildman–Crippen LogP) is 14.2. The van der Waals surface area contributed by atoms with Gasteiger partial charge in [-0.2, -0.15) is 0 Å². The topological polar surface area (TPSA) is 22.3 Å². The second-order valence-corrected chi connectivity index (χ2v) is 15.6. The number of hydrogen-bond acceptors (Lipinski definition) is 2. The number of rotatable bonds is 4. The molecule has 13 rings (SSSR count). The summed E-state index contributed by atoms with van der Waals surface area (Å²) in [6.07, 6.45) is 0. The first-order valence-corrected chi connectivity index (χ1v) is 20.3. The lowest BCUT2D eigenvalue weighted by atomic mass is 9.61. The van der Waals surface area contributed by atoms with Crippen molar-refractivity contribution in [3.8, 4) is 22.9 Å². The molecule has 0 radical (unpaired) electrons. The third-order valence-corrected chi connectivity index (χ3v) is 12.7. The molecule has 2 aliphatic heterocycles. The van der Waals surface area contributed by atoms with E-state index in [1.807, 2.05) is 0 Å². The van der Waals surface area contributed by atoms with Crippen molar-refractivity contribution in [1.82, 2.24) is 9.13 Å². The van der Waals surface area contributed by atoms with Gasteiger partial charge in [0.2, 0.25) is 0 Å². The largest absolute Gasteiger partial charge is 0.454 e. The van der Waals surface area contributed by atoms with Crippen molar-refractivity contribution in [2.75, 3.05) is 4.90 Å². The van der Waals surface area contributed by atoms with Crippen LogP contribution in [0.5, 0.6) is 11.5 Å². The van der Waals surface area contributed by atoms with Crippen molar-refractivity contribution in [2.45, 2.75) is 5.41 Å². The molecular formula is C55H35N3O. The minimum Gasteiger partial charge on any atom is -0.454 e. The summed E-state index contributed by atoms with van der Waals surface area (Å²) in [6, 6.07) is 76.9. The lowest BCUT2D eigenvalue weighted by molar-refractivity contribution is 0.438. The predicted molar refractivity (Wildman–Crippen MR) is 242 cm³/mol. The third-order valence-electron chi connectivity index (χ3n) is 12.7. The van der Waals surface area contributed by atoms with Crippen LogP contribution in [0.3, 0.4) is 0 Å². The van der Waals surface area contributed by atoms with Gasteiger partial charge in [-0.15, -0.1) is 0 Å². The van der Waals surface area contributed by atoms with E-state index in [0.717, 1.165) is 61.8 Å². The van der Waals surface area contributed by atoms with Crippen LogP contribution in [0.2, 0.25) is 0 Å². The van der Waals surface area contributed by atoms with E-state index < -0.39 is 5.41 Å². The summed E-state index contributed by atoms with van der Waals surface area (Å²) >= 11 is 0. The Morgan fingerprint density at radius 1 is 0.356 bits per heavy atom. The zero-order valence-corrected chi connectivity index (χ0v) is 32.0. The molecule has 4 heteroatoms. The summed E-state index contributed by atoms with van der Waals surface area (Å²) in [7, 11) is 0. The van der Waals surface area contributed by atoms with Crippen LogP contribution >= 0.6 is 0 Å². The highest BCUT2D eigenvalue weighted by Gasteiger charge is 2.51. The normalized spacial score (nSPS) is 15.0. The van der Waals surface area contributed by atoms with Crippen LogP contribution in [0.25, 0.3) is 55.0 Å². The second-order valence-electron chi connectivity index (χ2n) is 15.6. The summed E-state index contributed by atoms with van der Waals surface area (Å²) in [5.74, 6) is 1.76. The molecule has 0 amide bonds. The summed E-state index contributed by atoms with van der Waals surface area (Å²) in [4.78, 5) is 2.31. The number of aromatic nitrogens is 2. The van der Waals surface area contributed by atoms with Crippen LogP contribution in [0.1, 0.15) is 22.3 Å². The highest BCUT2D eigenvalue weighted by Crippen LogP contribution is 2.62. The van der Waals surface area contributed by atoms with E-state index in [0.29, 0.717) is 0 Å². The van der Waals surface area contributed by atoms with Gasteiger partial charge in [0.25, 0.3) is 0 Å². The summed E-state index contributed by atoms with van der Waals surface area (Å²) in [6.45, 7) is 0. The van der Waals surface area contributed by atoms with Crippen LogP contribution in [-0.4, -0.2) is 9.13 Å². The van der Waals surface area contributed by atoms with E-state index in [4.69, 9.17) is 4.74 Å². The monoisotopic (exact) mass is 753 g/mol. The third kappa shape index (κ3) is 4.27. The molecule has 0 aliphatic carbocycles. The van der Waals surface area contributed by atoms with Gasteiger partial charge in [0.15, 0.2) is 5.75 Å². The van der Waals surface area contributed by atoms with Crippen LogP contribution < -0.4 is 9.64 Å². The summed E-state index contributed by atoms with van der Waals surface area (Å²) in [5.41, 5.74) is 14.3. The van der Waals surface area contributed by atoms with Crippen molar-refractivity contribution in [3.05, 3.63) is 235 Å². The maximum absolute atomic E-state index is 7.31. The summed E-state index contributed by atoms with van der Waals surface area (Å²) in [5, 5.41) is 4.86. The highest BCUT2D eigenvalue weighted by atomic mass is 16.5. The Labute approximate surface area is 341 Å². The van der Waals surface area contributed by atoms with Gasteiger partial charge in [-0.3, -0.25) is 0 Å². The lowest BCUT2D eigenvalue weighted by Crippen LogP contribution is -2.37. The number of benzene rings is 9. The molecule has 2 aromatic heterocycles. The van der Waals surface area contributed by atoms with Crippen LogP contribution in [0, 0.1) is 0 Å². The van der Waals surface area contributed by atoms with Crippen molar-refractivity contribution in [3.63, 3.8) is 0 Å². The van der Waals surface area contributed by atoms with Gasteiger partial charge in [-0.05, 0) is 83.9 Å². The number of para-hydroxylation sites is 7. The van der Waals surface area contributed by atoms with Gasteiger partial charge < -0.3 is 18.8 Å². The fraction of sp³-hybridized carbons (Fsp3) is 0.0182. The standard InChI is InChI=1S/C55H35N3O/c1-3-16-36(17-4-1)56(37-18-5-2-6-19-37)38-30-32-39(33-31-38)57-48-26-11-7-21-41(48)43-34-35-47-54(53(43)57)59-51-29-14-10-24-45(51)55(47)44-23-9-13-28-50(44)58-49-27-12-8-20-40(49)42-22-15-25-46(55)52(42)58/h1-35H/t55-/m0/s1. The Hall–Kier alpha value is -7.82. The van der Waals surface area contributed by atoms with Gasteiger partial charge in [0.05, 0.1) is 33.2 Å². The first-order valence-electron chi connectivity index (χ1n) is 20.3. The van der Waals surface area contributed by atoms with Crippen LogP contribution in [0.4, 0.5) is 17.1 Å². The smallest absolute Gasteiger partial charge is 0.156 e. The Balaban J connectivity index is 1.11. The van der Waals surface area contributed by atoms with Gasteiger partial charge >= 0.3 is 0 Å². The van der Waals surface area contributed by atoms with E-state index in [2.05, 4.69) is 226 Å². The minimum atomic E-state index is -0.657. The maximum Gasteiger partial charge on any atom is 0.156 e. The number of ether oxygens (including phenoxy) is 1. The minimum absolute atomic E-state index is 0.657. The van der Waals surface area contributed by atoms with Gasteiger partial charge in [-0.25, -0.2) is 0 Å². The quantitative estimate of drug-likeness (QED) is 0.179. The molecule has 4 heterocycles. The van der Waals surface area contributed by atoms with E-state index in [9.17, 15) is 0 Å². The van der Waals surface area contributed by atoms with Crippen LogP contribution in [-0.2, 0) is 5.41 Å². The van der Waals surface area contributed by atoms with Crippen LogP contribution in [0.15, 0.2) is 212 Å². The molecule has 9 aromatic carbocycles. The number of nitrogens with zero attached hydrogens (tertiary/aromatic N) is 3. The van der Waals surface area contributed by atoms with E-state index in [1.165, 1.54) is 44.0 Å². The molecule has 0 saturated carbocycles. The molecule has 0 N–H and O–H groups in total. The second kappa shape index (κ2) is 12.1. The molecule has 0 saturated heterocycles. The number of hydrogen-bond donors (Lipinski definition) is 0. The molecule has 59 heavy (non-hydrogen) atoms. The zero-order valence-electron chi connectivity index (χ0n) is 32.0. The van der Waals surface area contributed by atoms with E-state index in [1.54, 1.807) is 0 Å². The van der Waals surface area contributed by atoms with Crippen molar-refractivity contribution < 1.29 is 4.74 Å². The Kier molecular flexibility index (Phi) is 6.62. The average Bonchev–Trinajstić information content (AvgIpc) is 3.83. The highest BCUT2D eigenvalue weighted by molar-refractivity contribution is 6.14. The summed E-state index contributed by atoms with van der Waals surface area (Å²) < 4.78 is 12.2. The van der Waals surface area contributed by atoms with E-state index in [-0.39, 0.29) is 0 Å². The Morgan fingerprint density at radius 3 is 1.63 bits per heavy atom. The Bertz CT molecular complexity index is 3430. The molecule has 0 bridgehead atoms. The molecule has 11 aromatic rings. The maximum atomic E-state index is 7.31. The van der Waals surface area contributed by atoms with Crippen molar-refractivity contribution in [1.29, 1.82) is 0 Å². The molecule has 2 aliphatic rings. The zero-order chi connectivity index (χ0) is 38.7. The SMILES string of the molecule is c1ccc(N(c2ccccc2)c2ccc(-n3c4ccccc4c4ccc5c(c43)Oc3ccccc3[C@]53c4ccccc4-n4c5ccccc5c5cccc3c54)cc2)cc1. The van der Waals surface area contributed by atoms with Gasteiger partial charge in [0, 0.05) is 55.4 Å². The molecule has 1 atom stereocenters. The Morgan fingerprint density at radius 2 is 0.898 bits per heavy atom. The molecule has 4 nitrogen and oxygen atoms in total.